The van der Waals surface area contributed by atoms with Crippen molar-refractivity contribution < 1.29 is 24.5 Å². The number of carbonyl (C=O) groups excluding carboxylic acids is 2. The summed E-state index contributed by atoms with van der Waals surface area (Å²) in [5, 5.41) is 23.2. The highest BCUT2D eigenvalue weighted by molar-refractivity contribution is 5.76. The molecule has 0 spiro atoms. The van der Waals surface area contributed by atoms with E-state index in [1.807, 2.05) is 6.08 Å². The van der Waals surface area contributed by atoms with Crippen LogP contribution in [0.4, 0.5) is 0 Å². The third-order valence-corrected chi connectivity index (χ3v) is 16.2. The Morgan fingerprint density at radius 1 is 0.355 bits per heavy atom. The van der Waals surface area contributed by atoms with Crippen LogP contribution >= 0.6 is 0 Å². The van der Waals surface area contributed by atoms with Gasteiger partial charge in [-0.05, 0) is 57.8 Å². The first-order valence-corrected chi connectivity index (χ1v) is 34.6. The molecule has 0 heterocycles. The molecule has 2 unspecified atom stereocenters. The Balaban J connectivity index is 3.37. The molecule has 0 radical (unpaired) electrons. The molecule has 0 rings (SSSR count). The standard InChI is InChI=1S/C70H135NO5/c1-3-5-7-9-11-13-15-17-18-19-29-32-35-39-42-46-50-54-58-62-68(73)67(66-72)71-69(74)63-59-55-51-47-43-40-36-33-30-27-25-23-21-20-22-24-26-28-31-34-37-41-45-49-53-57-61-65-76-70(75)64-60-56-52-48-44-38-16-14-12-10-8-6-4-2/h14,16,58,62,67-68,72-73H,3-13,15,17-57,59-61,63-66H2,1-2H3,(H,71,74)/b16-14-,62-58+. The number of unbranched alkanes of at least 4 members (excludes halogenated alkanes) is 52. The lowest BCUT2D eigenvalue weighted by molar-refractivity contribution is -0.143. The summed E-state index contributed by atoms with van der Waals surface area (Å²) in [6.07, 6.45) is 82.5. The number of rotatable bonds is 65. The number of amides is 1. The summed E-state index contributed by atoms with van der Waals surface area (Å²) in [4.78, 5) is 24.5. The van der Waals surface area contributed by atoms with Gasteiger partial charge in [0.1, 0.15) is 0 Å². The Kier molecular flexibility index (Phi) is 64.4. The minimum absolute atomic E-state index is 0.00898. The Bertz CT molecular complexity index is 1190. The van der Waals surface area contributed by atoms with Gasteiger partial charge in [-0.15, -0.1) is 0 Å². The summed E-state index contributed by atoms with van der Waals surface area (Å²) in [6.45, 7) is 4.92. The van der Waals surface area contributed by atoms with Crippen LogP contribution in [0.25, 0.3) is 0 Å². The lowest BCUT2D eigenvalue weighted by Gasteiger charge is -2.20. The molecule has 0 aromatic rings. The second-order valence-electron chi connectivity index (χ2n) is 23.9. The van der Waals surface area contributed by atoms with E-state index >= 15 is 0 Å². The zero-order chi connectivity index (χ0) is 55.0. The average molecular weight is 1070 g/mol. The van der Waals surface area contributed by atoms with E-state index in [1.54, 1.807) is 6.08 Å². The number of hydrogen-bond acceptors (Lipinski definition) is 5. The van der Waals surface area contributed by atoms with Gasteiger partial charge in [0.25, 0.3) is 0 Å². The fraction of sp³-hybridized carbons (Fsp3) is 0.914. The molecule has 3 N–H and O–H groups in total. The predicted molar refractivity (Wildman–Crippen MR) is 333 cm³/mol. The number of carbonyl (C=O) groups is 2. The molecule has 450 valence electrons. The molecule has 1 amide bonds. The molecule has 0 bridgehead atoms. The normalized spacial score (nSPS) is 12.6. The van der Waals surface area contributed by atoms with Crippen molar-refractivity contribution in [3.05, 3.63) is 24.3 Å². The van der Waals surface area contributed by atoms with Crippen LogP contribution in [0.5, 0.6) is 0 Å². The second-order valence-corrected chi connectivity index (χ2v) is 23.9. The van der Waals surface area contributed by atoms with Gasteiger partial charge in [-0.2, -0.15) is 0 Å². The quantitative estimate of drug-likeness (QED) is 0.0320. The van der Waals surface area contributed by atoms with Gasteiger partial charge >= 0.3 is 5.97 Å². The van der Waals surface area contributed by atoms with Crippen LogP contribution in [0.2, 0.25) is 0 Å². The molecule has 6 nitrogen and oxygen atoms in total. The largest absolute Gasteiger partial charge is 0.466 e. The molecule has 2 atom stereocenters. The monoisotopic (exact) mass is 1070 g/mol. The first-order chi connectivity index (χ1) is 37.5. The van der Waals surface area contributed by atoms with Gasteiger partial charge in [-0.25, -0.2) is 0 Å². The highest BCUT2D eigenvalue weighted by atomic mass is 16.5. The minimum atomic E-state index is -0.843. The molecule has 0 saturated heterocycles. The molecular formula is C70H135NO5. The van der Waals surface area contributed by atoms with Gasteiger partial charge in [-0.1, -0.05) is 340 Å². The third kappa shape index (κ3) is 61.6. The maximum atomic E-state index is 12.5. The summed E-state index contributed by atoms with van der Waals surface area (Å²) < 4.78 is 5.48. The summed E-state index contributed by atoms with van der Waals surface area (Å²) in [5.41, 5.74) is 0. The number of esters is 1. The van der Waals surface area contributed by atoms with Crippen molar-refractivity contribution in [2.45, 2.75) is 398 Å². The van der Waals surface area contributed by atoms with E-state index in [9.17, 15) is 19.8 Å². The summed E-state index contributed by atoms with van der Waals surface area (Å²) in [7, 11) is 0. The Morgan fingerprint density at radius 3 is 0.947 bits per heavy atom. The predicted octanol–water partition coefficient (Wildman–Crippen LogP) is 22.1. The van der Waals surface area contributed by atoms with Crippen LogP contribution in [-0.4, -0.2) is 47.4 Å². The van der Waals surface area contributed by atoms with Crippen LogP contribution in [0.3, 0.4) is 0 Å². The molecule has 0 aromatic heterocycles. The fourth-order valence-corrected chi connectivity index (χ4v) is 10.9. The molecule has 6 heteroatoms. The molecule has 0 saturated carbocycles. The Hall–Kier alpha value is -1.66. The van der Waals surface area contributed by atoms with Gasteiger partial charge in [0.05, 0.1) is 25.4 Å². The molecule has 0 aliphatic heterocycles. The summed E-state index contributed by atoms with van der Waals surface area (Å²) in [6, 6.07) is -0.626. The van der Waals surface area contributed by atoms with E-state index in [0.29, 0.717) is 19.4 Å². The van der Waals surface area contributed by atoms with Crippen molar-refractivity contribution in [3.8, 4) is 0 Å². The molecule has 0 aliphatic carbocycles. The topological polar surface area (TPSA) is 95.9 Å². The SMILES string of the molecule is CCCCCC/C=C\CCCCCCCC(=O)OCCCCCCCCCCCCCCCCCCCCCCCCCCCCCC(=O)NC(CO)C(O)/C=C/CCCCCCCCCCCCCCCCCCC. The Morgan fingerprint density at radius 2 is 0.618 bits per heavy atom. The van der Waals surface area contributed by atoms with Gasteiger partial charge < -0.3 is 20.3 Å². The van der Waals surface area contributed by atoms with Gasteiger partial charge in [-0.3, -0.25) is 9.59 Å². The lowest BCUT2D eigenvalue weighted by Crippen LogP contribution is -2.45. The van der Waals surface area contributed by atoms with Crippen LogP contribution in [-0.2, 0) is 14.3 Å². The van der Waals surface area contributed by atoms with Crippen molar-refractivity contribution in [1.82, 2.24) is 5.32 Å². The maximum absolute atomic E-state index is 12.5. The van der Waals surface area contributed by atoms with Gasteiger partial charge in [0.15, 0.2) is 0 Å². The minimum Gasteiger partial charge on any atom is -0.466 e. The number of hydrogen-bond donors (Lipinski definition) is 3. The number of ether oxygens (including phenoxy) is 1. The van der Waals surface area contributed by atoms with Gasteiger partial charge in [0, 0.05) is 12.8 Å². The number of aliphatic hydroxyl groups excluding tert-OH is 2. The zero-order valence-corrected chi connectivity index (χ0v) is 51.5. The first-order valence-electron chi connectivity index (χ1n) is 34.6. The van der Waals surface area contributed by atoms with Crippen LogP contribution in [0, 0.1) is 0 Å². The number of allylic oxidation sites excluding steroid dienone is 3. The van der Waals surface area contributed by atoms with Crippen molar-refractivity contribution in [1.29, 1.82) is 0 Å². The second kappa shape index (κ2) is 65.9. The van der Waals surface area contributed by atoms with Crippen molar-refractivity contribution in [2.24, 2.45) is 0 Å². The number of nitrogens with one attached hydrogen (secondary N) is 1. The van der Waals surface area contributed by atoms with Crippen molar-refractivity contribution in [3.63, 3.8) is 0 Å². The molecular weight excluding hydrogens is 935 g/mol. The van der Waals surface area contributed by atoms with Crippen LogP contribution < -0.4 is 5.32 Å². The highest BCUT2D eigenvalue weighted by Crippen LogP contribution is 2.19. The summed E-state index contributed by atoms with van der Waals surface area (Å²) >= 11 is 0. The fourth-order valence-electron chi connectivity index (χ4n) is 10.9. The van der Waals surface area contributed by atoms with Crippen molar-refractivity contribution >= 4 is 11.9 Å². The summed E-state index contributed by atoms with van der Waals surface area (Å²) in [5.74, 6) is -0.0527. The van der Waals surface area contributed by atoms with E-state index in [4.69, 9.17) is 4.74 Å². The Labute approximate surface area is 475 Å². The maximum Gasteiger partial charge on any atom is 0.305 e. The molecule has 0 aliphatic rings. The molecule has 76 heavy (non-hydrogen) atoms. The van der Waals surface area contributed by atoms with E-state index < -0.39 is 12.1 Å². The van der Waals surface area contributed by atoms with Gasteiger partial charge in [0.2, 0.25) is 5.91 Å². The highest BCUT2D eigenvalue weighted by Gasteiger charge is 2.18. The first kappa shape index (κ1) is 74.3. The lowest BCUT2D eigenvalue weighted by atomic mass is 10.0. The smallest absolute Gasteiger partial charge is 0.305 e. The third-order valence-electron chi connectivity index (χ3n) is 16.2. The van der Waals surface area contributed by atoms with E-state index in [-0.39, 0.29) is 18.5 Å². The van der Waals surface area contributed by atoms with E-state index in [2.05, 4.69) is 31.3 Å². The van der Waals surface area contributed by atoms with Crippen molar-refractivity contribution in [2.75, 3.05) is 13.2 Å². The van der Waals surface area contributed by atoms with Crippen LogP contribution in [0.15, 0.2) is 24.3 Å². The van der Waals surface area contributed by atoms with E-state index in [0.717, 1.165) is 44.9 Å². The molecule has 0 aromatic carbocycles. The number of aliphatic hydroxyl groups is 2. The zero-order valence-electron chi connectivity index (χ0n) is 51.5. The van der Waals surface area contributed by atoms with Crippen LogP contribution in [0.1, 0.15) is 386 Å². The average Bonchev–Trinajstić information content (AvgIpc) is 3.42. The molecule has 0 fully saturated rings. The van der Waals surface area contributed by atoms with E-state index in [1.165, 1.54) is 315 Å².